The molecule has 104 valence electrons. The van der Waals surface area contributed by atoms with Gasteiger partial charge in [-0.15, -0.1) is 0 Å². The fourth-order valence-electron chi connectivity index (χ4n) is 2.74. The van der Waals surface area contributed by atoms with Crippen LogP contribution in [0.1, 0.15) is 12.2 Å². The van der Waals surface area contributed by atoms with Crippen molar-refractivity contribution in [1.29, 1.82) is 0 Å². The lowest BCUT2D eigenvalue weighted by atomic mass is 10.3. The number of fused-ring (bicyclic) bond motifs is 1. The predicted molar refractivity (Wildman–Crippen MR) is 71.6 cm³/mol. The molecule has 1 N–H and O–H groups in total. The molecule has 2 aliphatic rings. The average molecular weight is 263 g/mol. The molecule has 0 aromatic carbocycles. The van der Waals surface area contributed by atoms with Crippen LogP contribution in [0, 0.1) is 0 Å². The number of hydrogen-bond acceptors (Lipinski definition) is 4. The van der Waals surface area contributed by atoms with Crippen LogP contribution in [0.15, 0.2) is 12.4 Å². The molecular formula is C13H21N5O. The maximum absolute atomic E-state index is 12.3. The third-order valence-corrected chi connectivity index (χ3v) is 3.88. The van der Waals surface area contributed by atoms with Crippen molar-refractivity contribution < 1.29 is 4.79 Å². The molecule has 1 aromatic rings. The van der Waals surface area contributed by atoms with E-state index in [1.54, 1.807) is 0 Å². The lowest BCUT2D eigenvalue weighted by Gasteiger charge is -2.29. The molecule has 0 bridgehead atoms. The lowest BCUT2D eigenvalue weighted by Crippen LogP contribution is -2.44. The number of carbonyl (C=O) groups excluding carboxylic acids is 1. The zero-order valence-corrected chi connectivity index (χ0v) is 11.2. The van der Waals surface area contributed by atoms with Crippen LogP contribution in [0.3, 0.4) is 0 Å². The van der Waals surface area contributed by atoms with Crippen molar-refractivity contribution in [3.05, 3.63) is 18.2 Å². The van der Waals surface area contributed by atoms with E-state index in [1.165, 1.54) is 0 Å². The Morgan fingerprint density at radius 2 is 2.21 bits per heavy atom. The molecule has 3 rings (SSSR count). The Bertz CT molecular complexity index is 436. The van der Waals surface area contributed by atoms with Crippen LogP contribution in [0.25, 0.3) is 0 Å². The van der Waals surface area contributed by atoms with Crippen molar-refractivity contribution in [3.8, 4) is 0 Å². The smallest absolute Gasteiger partial charge is 0.236 e. The summed E-state index contributed by atoms with van der Waals surface area (Å²) in [5.41, 5.74) is 0. The van der Waals surface area contributed by atoms with E-state index in [4.69, 9.17) is 0 Å². The SMILES string of the molecule is O=C(CN1CCn2ccnc2C1)N1CCCNCC1. The van der Waals surface area contributed by atoms with Crippen LogP contribution in [-0.2, 0) is 17.9 Å². The van der Waals surface area contributed by atoms with Crippen LogP contribution in [0.5, 0.6) is 0 Å². The zero-order chi connectivity index (χ0) is 13.1. The number of imidazole rings is 1. The van der Waals surface area contributed by atoms with Gasteiger partial charge in [0, 0.05) is 45.1 Å². The van der Waals surface area contributed by atoms with Gasteiger partial charge in [0.05, 0.1) is 13.1 Å². The second kappa shape index (κ2) is 5.71. The maximum Gasteiger partial charge on any atom is 0.236 e. The highest BCUT2D eigenvalue weighted by molar-refractivity contribution is 5.78. The van der Waals surface area contributed by atoms with E-state index in [0.717, 1.165) is 58.1 Å². The monoisotopic (exact) mass is 263 g/mol. The summed E-state index contributed by atoms with van der Waals surface area (Å²) >= 11 is 0. The van der Waals surface area contributed by atoms with Crippen molar-refractivity contribution in [3.63, 3.8) is 0 Å². The summed E-state index contributed by atoms with van der Waals surface area (Å²) in [7, 11) is 0. The Hall–Kier alpha value is -1.40. The third-order valence-electron chi connectivity index (χ3n) is 3.88. The van der Waals surface area contributed by atoms with E-state index in [0.29, 0.717) is 6.54 Å². The van der Waals surface area contributed by atoms with Crippen molar-refractivity contribution in [2.24, 2.45) is 0 Å². The van der Waals surface area contributed by atoms with Crippen molar-refractivity contribution in [2.75, 3.05) is 39.3 Å². The van der Waals surface area contributed by atoms with E-state index >= 15 is 0 Å². The molecule has 0 radical (unpaired) electrons. The summed E-state index contributed by atoms with van der Waals surface area (Å²) < 4.78 is 2.16. The van der Waals surface area contributed by atoms with Gasteiger partial charge in [-0.25, -0.2) is 4.98 Å². The standard InChI is InChI=1S/C13H21N5O/c19-13(18-5-1-2-14-3-6-18)11-16-8-9-17-7-4-15-12(17)10-16/h4,7,14H,1-3,5-6,8-11H2. The molecule has 6 heteroatoms. The van der Waals surface area contributed by atoms with Gasteiger partial charge in [-0.2, -0.15) is 0 Å². The average Bonchev–Trinajstić information content (AvgIpc) is 2.71. The molecule has 1 amide bonds. The van der Waals surface area contributed by atoms with Gasteiger partial charge in [0.15, 0.2) is 0 Å². The Morgan fingerprint density at radius 1 is 1.26 bits per heavy atom. The van der Waals surface area contributed by atoms with Crippen LogP contribution >= 0.6 is 0 Å². The first-order valence-electron chi connectivity index (χ1n) is 7.04. The van der Waals surface area contributed by atoms with Crippen molar-refractivity contribution in [2.45, 2.75) is 19.5 Å². The second-order valence-corrected chi connectivity index (χ2v) is 5.23. The molecule has 0 saturated carbocycles. The Kier molecular flexibility index (Phi) is 3.79. The Balaban J connectivity index is 1.55. The van der Waals surface area contributed by atoms with Crippen LogP contribution in [0.4, 0.5) is 0 Å². The first-order chi connectivity index (χ1) is 9.33. The molecule has 6 nitrogen and oxygen atoms in total. The largest absolute Gasteiger partial charge is 0.340 e. The highest BCUT2D eigenvalue weighted by Crippen LogP contribution is 2.10. The van der Waals surface area contributed by atoms with Gasteiger partial charge in [0.2, 0.25) is 5.91 Å². The third kappa shape index (κ3) is 2.96. The summed E-state index contributed by atoms with van der Waals surface area (Å²) in [4.78, 5) is 20.8. The van der Waals surface area contributed by atoms with Crippen LogP contribution in [0.2, 0.25) is 0 Å². The number of rotatable bonds is 2. The van der Waals surface area contributed by atoms with Gasteiger partial charge < -0.3 is 14.8 Å². The summed E-state index contributed by atoms with van der Waals surface area (Å²) in [6.07, 6.45) is 4.90. The fourth-order valence-corrected chi connectivity index (χ4v) is 2.74. The highest BCUT2D eigenvalue weighted by atomic mass is 16.2. The van der Waals surface area contributed by atoms with Crippen LogP contribution < -0.4 is 5.32 Å². The van der Waals surface area contributed by atoms with Gasteiger partial charge in [0.1, 0.15) is 5.82 Å². The molecular weight excluding hydrogens is 242 g/mol. The number of carbonyl (C=O) groups is 1. The zero-order valence-electron chi connectivity index (χ0n) is 11.2. The Morgan fingerprint density at radius 3 is 3.16 bits per heavy atom. The van der Waals surface area contributed by atoms with Crippen LogP contribution in [-0.4, -0.2) is 64.5 Å². The van der Waals surface area contributed by atoms with Crippen molar-refractivity contribution >= 4 is 5.91 Å². The highest BCUT2D eigenvalue weighted by Gasteiger charge is 2.22. The van der Waals surface area contributed by atoms with E-state index < -0.39 is 0 Å². The summed E-state index contributed by atoms with van der Waals surface area (Å²) in [5, 5.41) is 3.32. The first kappa shape index (κ1) is 12.6. The number of nitrogens with one attached hydrogen (secondary N) is 1. The topological polar surface area (TPSA) is 53.4 Å². The van der Waals surface area contributed by atoms with Gasteiger partial charge >= 0.3 is 0 Å². The molecule has 0 aliphatic carbocycles. The summed E-state index contributed by atoms with van der Waals surface area (Å²) in [5.74, 6) is 1.32. The molecule has 2 aliphatic heterocycles. The Labute approximate surface area is 113 Å². The second-order valence-electron chi connectivity index (χ2n) is 5.23. The number of amides is 1. The first-order valence-corrected chi connectivity index (χ1v) is 7.04. The number of aromatic nitrogens is 2. The molecule has 3 heterocycles. The lowest BCUT2D eigenvalue weighted by molar-refractivity contribution is -0.132. The molecule has 0 unspecified atom stereocenters. The van der Waals surface area contributed by atoms with Gasteiger partial charge in [0.25, 0.3) is 0 Å². The van der Waals surface area contributed by atoms with Gasteiger partial charge in [-0.1, -0.05) is 0 Å². The normalized spacial score (nSPS) is 20.9. The number of nitrogens with zero attached hydrogens (tertiary/aromatic N) is 4. The molecule has 0 spiro atoms. The minimum atomic E-state index is 0.253. The van der Waals surface area contributed by atoms with Gasteiger partial charge in [-0.3, -0.25) is 9.69 Å². The molecule has 1 aromatic heterocycles. The predicted octanol–water partition coefficient (Wildman–Crippen LogP) is -0.479. The van der Waals surface area contributed by atoms with E-state index in [1.807, 2.05) is 17.3 Å². The summed E-state index contributed by atoms with van der Waals surface area (Å²) in [6, 6.07) is 0. The fraction of sp³-hybridized carbons (Fsp3) is 0.692. The summed E-state index contributed by atoms with van der Waals surface area (Å²) in [6.45, 7) is 6.82. The van der Waals surface area contributed by atoms with E-state index in [9.17, 15) is 4.79 Å². The molecule has 1 fully saturated rings. The minimum Gasteiger partial charge on any atom is -0.340 e. The van der Waals surface area contributed by atoms with Crippen molar-refractivity contribution in [1.82, 2.24) is 24.7 Å². The number of hydrogen-bond donors (Lipinski definition) is 1. The van der Waals surface area contributed by atoms with E-state index in [2.05, 4.69) is 19.8 Å². The minimum absolute atomic E-state index is 0.253. The van der Waals surface area contributed by atoms with E-state index in [-0.39, 0.29) is 5.91 Å². The molecule has 19 heavy (non-hydrogen) atoms. The van der Waals surface area contributed by atoms with Gasteiger partial charge in [-0.05, 0) is 13.0 Å². The molecule has 1 saturated heterocycles. The quantitative estimate of drug-likeness (QED) is 0.783. The maximum atomic E-state index is 12.3. The molecule has 0 atom stereocenters.